The van der Waals surface area contributed by atoms with Gasteiger partial charge in [0, 0.05) is 18.8 Å². The summed E-state index contributed by atoms with van der Waals surface area (Å²) in [6.45, 7) is 6.89. The van der Waals surface area contributed by atoms with Gasteiger partial charge in [0.25, 0.3) is 5.91 Å². The van der Waals surface area contributed by atoms with Gasteiger partial charge in [-0.25, -0.2) is 9.59 Å². The van der Waals surface area contributed by atoms with Crippen LogP contribution in [0.5, 0.6) is 0 Å². The summed E-state index contributed by atoms with van der Waals surface area (Å²) in [5, 5.41) is 5.29. The van der Waals surface area contributed by atoms with E-state index >= 15 is 0 Å². The second kappa shape index (κ2) is 9.94. The van der Waals surface area contributed by atoms with Crippen molar-refractivity contribution in [3.8, 4) is 0 Å². The first-order chi connectivity index (χ1) is 12.9. The van der Waals surface area contributed by atoms with Gasteiger partial charge < -0.3 is 20.3 Å². The summed E-state index contributed by atoms with van der Waals surface area (Å²) < 4.78 is 5.19. The molecule has 0 saturated carbocycles. The maximum atomic E-state index is 12.4. The number of likely N-dealkylation sites (tertiary alicyclic amines) is 1. The Morgan fingerprint density at radius 2 is 1.78 bits per heavy atom. The van der Waals surface area contributed by atoms with Crippen molar-refractivity contribution in [1.82, 2.24) is 10.2 Å². The van der Waals surface area contributed by atoms with E-state index in [-0.39, 0.29) is 18.4 Å². The minimum atomic E-state index is -0.831. The lowest BCUT2D eigenvalue weighted by Gasteiger charge is -2.30. The molecule has 1 aliphatic rings. The van der Waals surface area contributed by atoms with Crippen LogP contribution in [0, 0.1) is 11.8 Å². The molecule has 0 unspecified atom stereocenters. The number of rotatable bonds is 6. The van der Waals surface area contributed by atoms with Gasteiger partial charge in [0.05, 0.1) is 0 Å². The fraction of sp³-hybridized carbons (Fsp3) is 0.550. The van der Waals surface area contributed by atoms with Gasteiger partial charge in [0.2, 0.25) is 0 Å². The van der Waals surface area contributed by atoms with Crippen molar-refractivity contribution < 1.29 is 19.1 Å². The highest BCUT2D eigenvalue weighted by Gasteiger charge is 2.27. The number of anilines is 1. The number of nitrogens with zero attached hydrogens (tertiary/aromatic N) is 1. The van der Waals surface area contributed by atoms with E-state index in [0.29, 0.717) is 24.7 Å². The number of urea groups is 1. The Labute approximate surface area is 160 Å². The van der Waals surface area contributed by atoms with Crippen LogP contribution in [0.25, 0.3) is 0 Å². The van der Waals surface area contributed by atoms with E-state index in [9.17, 15) is 14.4 Å². The molecule has 0 spiro atoms. The van der Waals surface area contributed by atoms with Crippen molar-refractivity contribution in [2.45, 2.75) is 39.7 Å². The van der Waals surface area contributed by atoms with Crippen LogP contribution in [0.1, 0.15) is 33.6 Å². The average molecular weight is 375 g/mol. The molecule has 1 atom stereocenters. The van der Waals surface area contributed by atoms with Gasteiger partial charge in [-0.1, -0.05) is 39.0 Å². The number of esters is 1. The van der Waals surface area contributed by atoms with E-state index in [4.69, 9.17) is 4.74 Å². The lowest BCUT2D eigenvalue weighted by Crippen LogP contribution is -2.48. The minimum Gasteiger partial charge on any atom is -0.454 e. The first-order valence-electron chi connectivity index (χ1n) is 9.43. The van der Waals surface area contributed by atoms with Crippen LogP contribution in [0.3, 0.4) is 0 Å². The molecule has 0 radical (unpaired) electrons. The average Bonchev–Trinajstić information content (AvgIpc) is 2.65. The molecule has 0 aromatic heterocycles. The molecule has 1 heterocycles. The smallest absolute Gasteiger partial charge is 0.329 e. The molecule has 2 rings (SSSR count). The summed E-state index contributed by atoms with van der Waals surface area (Å²) in [5.41, 5.74) is 0.625. The van der Waals surface area contributed by atoms with E-state index < -0.39 is 18.0 Å². The molecule has 1 aromatic rings. The number of piperidine rings is 1. The Bertz CT molecular complexity index is 640. The first-order valence-corrected chi connectivity index (χ1v) is 9.43. The Kier molecular flexibility index (Phi) is 7.64. The SMILES string of the molecule is CC1CCN(C(=O)COC(=O)[C@@H](NC(=O)Nc2ccccc2)C(C)C)CC1. The van der Waals surface area contributed by atoms with Gasteiger partial charge in [0.15, 0.2) is 6.61 Å². The zero-order chi connectivity index (χ0) is 19.8. The number of carbonyl (C=O) groups is 3. The van der Waals surface area contributed by atoms with Crippen LogP contribution in [-0.2, 0) is 14.3 Å². The van der Waals surface area contributed by atoms with Crippen molar-refractivity contribution >= 4 is 23.6 Å². The highest BCUT2D eigenvalue weighted by Crippen LogP contribution is 2.16. The number of para-hydroxylation sites is 1. The van der Waals surface area contributed by atoms with Crippen molar-refractivity contribution in [3.05, 3.63) is 30.3 Å². The summed E-state index contributed by atoms with van der Waals surface area (Å²) in [6.07, 6.45) is 1.94. The second-order valence-corrected chi connectivity index (χ2v) is 7.36. The number of amides is 3. The van der Waals surface area contributed by atoms with E-state index in [0.717, 1.165) is 12.8 Å². The summed E-state index contributed by atoms with van der Waals surface area (Å²) in [5.74, 6) is -0.349. The van der Waals surface area contributed by atoms with Gasteiger partial charge >= 0.3 is 12.0 Å². The molecule has 7 nitrogen and oxygen atoms in total. The van der Waals surface area contributed by atoms with E-state index in [1.807, 2.05) is 19.9 Å². The van der Waals surface area contributed by atoms with Crippen molar-refractivity contribution in [1.29, 1.82) is 0 Å². The van der Waals surface area contributed by atoms with Gasteiger partial charge in [-0.3, -0.25) is 4.79 Å². The predicted octanol–water partition coefficient (Wildman–Crippen LogP) is 2.63. The zero-order valence-electron chi connectivity index (χ0n) is 16.2. The lowest BCUT2D eigenvalue weighted by molar-refractivity contribution is -0.154. The highest BCUT2D eigenvalue weighted by molar-refractivity contribution is 5.93. The van der Waals surface area contributed by atoms with Crippen molar-refractivity contribution in [3.63, 3.8) is 0 Å². The molecular weight excluding hydrogens is 346 g/mol. The third-order valence-corrected chi connectivity index (χ3v) is 4.71. The normalized spacial score (nSPS) is 15.9. The molecule has 7 heteroatoms. The fourth-order valence-corrected chi connectivity index (χ4v) is 2.90. The standard InChI is InChI=1S/C20H29N3O4/c1-14(2)18(22-20(26)21-16-7-5-4-6-8-16)19(25)27-13-17(24)23-11-9-15(3)10-12-23/h4-8,14-15,18H,9-13H2,1-3H3,(H2,21,22,26)/t18-/m0/s1. The van der Waals surface area contributed by atoms with Crippen molar-refractivity contribution in [2.24, 2.45) is 11.8 Å². The summed E-state index contributed by atoms with van der Waals surface area (Å²) in [7, 11) is 0. The quantitative estimate of drug-likeness (QED) is 0.748. The minimum absolute atomic E-state index is 0.176. The topological polar surface area (TPSA) is 87.7 Å². The van der Waals surface area contributed by atoms with Crippen LogP contribution < -0.4 is 10.6 Å². The molecule has 0 aliphatic carbocycles. The van der Waals surface area contributed by atoms with E-state index in [2.05, 4.69) is 17.6 Å². The van der Waals surface area contributed by atoms with Crippen LogP contribution in [0.15, 0.2) is 30.3 Å². The molecule has 1 aromatic carbocycles. The molecule has 2 N–H and O–H groups in total. The number of benzene rings is 1. The third kappa shape index (κ3) is 6.58. The first kappa shape index (κ1) is 20.7. The number of carbonyl (C=O) groups excluding carboxylic acids is 3. The second-order valence-electron chi connectivity index (χ2n) is 7.36. The molecular formula is C20H29N3O4. The molecule has 27 heavy (non-hydrogen) atoms. The Hall–Kier alpha value is -2.57. The lowest BCUT2D eigenvalue weighted by atomic mass is 9.99. The predicted molar refractivity (Wildman–Crippen MR) is 103 cm³/mol. The number of hydrogen-bond donors (Lipinski definition) is 2. The molecule has 3 amide bonds. The fourth-order valence-electron chi connectivity index (χ4n) is 2.90. The zero-order valence-corrected chi connectivity index (χ0v) is 16.2. The van der Waals surface area contributed by atoms with Crippen LogP contribution in [0.4, 0.5) is 10.5 Å². The summed E-state index contributed by atoms with van der Waals surface area (Å²) in [6, 6.07) is 7.63. The highest BCUT2D eigenvalue weighted by atomic mass is 16.5. The van der Waals surface area contributed by atoms with Gasteiger partial charge in [-0.15, -0.1) is 0 Å². The maximum absolute atomic E-state index is 12.4. The number of hydrogen-bond acceptors (Lipinski definition) is 4. The maximum Gasteiger partial charge on any atom is 0.329 e. The molecule has 148 valence electrons. The van der Waals surface area contributed by atoms with Crippen molar-refractivity contribution in [2.75, 3.05) is 25.0 Å². The monoisotopic (exact) mass is 375 g/mol. The Morgan fingerprint density at radius 1 is 1.15 bits per heavy atom. The molecule has 0 bridgehead atoms. The van der Waals surface area contributed by atoms with Crippen LogP contribution in [0.2, 0.25) is 0 Å². The molecule has 1 fully saturated rings. The van der Waals surface area contributed by atoms with E-state index in [1.54, 1.807) is 29.2 Å². The van der Waals surface area contributed by atoms with Gasteiger partial charge in [-0.2, -0.15) is 0 Å². The number of nitrogens with one attached hydrogen (secondary N) is 2. The van der Waals surface area contributed by atoms with Gasteiger partial charge in [-0.05, 0) is 36.8 Å². The van der Waals surface area contributed by atoms with Crippen LogP contribution >= 0.6 is 0 Å². The van der Waals surface area contributed by atoms with Gasteiger partial charge in [0.1, 0.15) is 6.04 Å². The summed E-state index contributed by atoms with van der Waals surface area (Å²) in [4.78, 5) is 38.5. The Morgan fingerprint density at radius 3 is 2.37 bits per heavy atom. The summed E-state index contributed by atoms with van der Waals surface area (Å²) >= 11 is 0. The Balaban J connectivity index is 1.83. The molecule has 1 aliphatic heterocycles. The third-order valence-electron chi connectivity index (χ3n) is 4.71. The molecule has 1 saturated heterocycles. The largest absolute Gasteiger partial charge is 0.454 e. The number of ether oxygens (including phenoxy) is 1. The van der Waals surface area contributed by atoms with Crippen LogP contribution in [-0.4, -0.2) is 48.5 Å². The van der Waals surface area contributed by atoms with E-state index in [1.165, 1.54) is 0 Å².